The van der Waals surface area contributed by atoms with Crippen LogP contribution in [-0.4, -0.2) is 49.5 Å². The number of rotatable bonds is 4. The van der Waals surface area contributed by atoms with Crippen molar-refractivity contribution in [3.05, 3.63) is 23.8 Å². The number of hydrogen-bond acceptors (Lipinski definition) is 4. The van der Waals surface area contributed by atoms with Crippen LogP contribution in [0.25, 0.3) is 0 Å². The van der Waals surface area contributed by atoms with Gasteiger partial charge in [0.25, 0.3) is 0 Å². The second-order valence-corrected chi connectivity index (χ2v) is 4.72. The minimum absolute atomic E-state index is 0.175. The first-order chi connectivity index (χ1) is 9.63. The number of nitrogens with one attached hydrogen (secondary N) is 1. The van der Waals surface area contributed by atoms with Crippen LogP contribution in [0.3, 0.4) is 0 Å². The van der Waals surface area contributed by atoms with E-state index in [2.05, 4.69) is 5.32 Å². The first-order valence-corrected chi connectivity index (χ1v) is 6.55. The summed E-state index contributed by atoms with van der Waals surface area (Å²) in [6.45, 7) is 1.33. The fraction of sp³-hybridized carbons (Fsp3) is 0.500. The third kappa shape index (κ3) is 3.33. The number of nitrogens with zero attached hydrogens (tertiary/aromatic N) is 1. The molecule has 1 aromatic rings. The van der Waals surface area contributed by atoms with Crippen LogP contribution in [0.15, 0.2) is 18.2 Å². The molecule has 2 rings (SSSR count). The van der Waals surface area contributed by atoms with E-state index >= 15 is 0 Å². The quantitative estimate of drug-likeness (QED) is 0.862. The van der Waals surface area contributed by atoms with Crippen LogP contribution in [0.1, 0.15) is 12.0 Å². The van der Waals surface area contributed by atoms with Crippen molar-refractivity contribution in [1.29, 1.82) is 0 Å². The maximum absolute atomic E-state index is 11.9. The zero-order valence-electron chi connectivity index (χ0n) is 11.8. The topological polar surface area (TPSA) is 71.0 Å². The van der Waals surface area contributed by atoms with Crippen LogP contribution in [-0.2, 0) is 6.54 Å². The highest BCUT2D eigenvalue weighted by Crippen LogP contribution is 2.23. The molecule has 1 heterocycles. The first-order valence-electron chi connectivity index (χ1n) is 6.55. The smallest absolute Gasteiger partial charge is 0.317 e. The molecular weight excluding hydrogens is 260 g/mol. The lowest BCUT2D eigenvalue weighted by Crippen LogP contribution is -2.38. The van der Waals surface area contributed by atoms with Crippen LogP contribution < -0.4 is 14.8 Å². The average molecular weight is 280 g/mol. The van der Waals surface area contributed by atoms with Crippen molar-refractivity contribution in [2.24, 2.45) is 0 Å². The predicted molar refractivity (Wildman–Crippen MR) is 74.0 cm³/mol. The third-order valence-electron chi connectivity index (χ3n) is 3.37. The van der Waals surface area contributed by atoms with E-state index in [-0.39, 0.29) is 6.03 Å². The molecule has 1 aliphatic rings. The molecular formula is C14H20N2O4. The molecule has 110 valence electrons. The summed E-state index contributed by atoms with van der Waals surface area (Å²) in [5, 5.41) is 12.3. The van der Waals surface area contributed by atoms with E-state index in [1.165, 1.54) is 0 Å². The van der Waals surface area contributed by atoms with Gasteiger partial charge < -0.3 is 24.8 Å². The van der Waals surface area contributed by atoms with Gasteiger partial charge >= 0.3 is 6.03 Å². The van der Waals surface area contributed by atoms with Crippen LogP contribution in [0, 0.1) is 0 Å². The van der Waals surface area contributed by atoms with Crippen molar-refractivity contribution in [2.45, 2.75) is 19.1 Å². The van der Waals surface area contributed by atoms with E-state index in [9.17, 15) is 9.90 Å². The lowest BCUT2D eigenvalue weighted by atomic mass is 10.2. The van der Waals surface area contributed by atoms with E-state index in [0.717, 1.165) is 5.56 Å². The SMILES string of the molecule is COc1ccc(OC)c(CNC(=O)N2CCC(O)C2)c1. The van der Waals surface area contributed by atoms with Crippen molar-refractivity contribution in [3.63, 3.8) is 0 Å². The molecule has 1 aliphatic heterocycles. The van der Waals surface area contributed by atoms with E-state index < -0.39 is 6.10 Å². The molecule has 0 saturated carbocycles. The normalized spacial score (nSPS) is 17.9. The van der Waals surface area contributed by atoms with Crippen LogP contribution in [0.5, 0.6) is 11.5 Å². The number of amides is 2. The fourth-order valence-electron chi connectivity index (χ4n) is 2.23. The fourth-order valence-corrected chi connectivity index (χ4v) is 2.23. The minimum atomic E-state index is -0.410. The molecule has 0 aliphatic carbocycles. The molecule has 2 N–H and O–H groups in total. The molecule has 0 bridgehead atoms. The van der Waals surface area contributed by atoms with Gasteiger partial charge in [-0.2, -0.15) is 0 Å². The Morgan fingerprint density at radius 1 is 1.45 bits per heavy atom. The van der Waals surface area contributed by atoms with Gasteiger partial charge in [0.05, 0.1) is 20.3 Å². The molecule has 20 heavy (non-hydrogen) atoms. The molecule has 6 heteroatoms. The van der Waals surface area contributed by atoms with Crippen LogP contribution >= 0.6 is 0 Å². The van der Waals surface area contributed by atoms with E-state index in [1.807, 2.05) is 6.07 Å². The highest BCUT2D eigenvalue weighted by Gasteiger charge is 2.24. The maximum atomic E-state index is 11.9. The van der Waals surface area contributed by atoms with Gasteiger partial charge in [-0.15, -0.1) is 0 Å². The summed E-state index contributed by atoms with van der Waals surface area (Å²) < 4.78 is 10.4. The Labute approximate surface area is 118 Å². The van der Waals surface area contributed by atoms with Crippen molar-refractivity contribution in [1.82, 2.24) is 10.2 Å². The molecule has 1 saturated heterocycles. The molecule has 0 radical (unpaired) electrons. The van der Waals surface area contributed by atoms with E-state index in [1.54, 1.807) is 31.3 Å². The lowest BCUT2D eigenvalue weighted by Gasteiger charge is -2.17. The highest BCUT2D eigenvalue weighted by molar-refractivity contribution is 5.74. The number of aliphatic hydroxyl groups excluding tert-OH is 1. The van der Waals surface area contributed by atoms with Crippen molar-refractivity contribution >= 4 is 6.03 Å². The van der Waals surface area contributed by atoms with Crippen molar-refractivity contribution in [3.8, 4) is 11.5 Å². The van der Waals surface area contributed by atoms with Crippen LogP contribution in [0.2, 0.25) is 0 Å². The monoisotopic (exact) mass is 280 g/mol. The zero-order valence-corrected chi connectivity index (χ0v) is 11.8. The Morgan fingerprint density at radius 3 is 2.85 bits per heavy atom. The molecule has 0 spiro atoms. The van der Waals surface area contributed by atoms with Crippen LogP contribution in [0.4, 0.5) is 4.79 Å². The summed E-state index contributed by atoms with van der Waals surface area (Å²) in [4.78, 5) is 13.6. The highest BCUT2D eigenvalue weighted by atomic mass is 16.5. The lowest BCUT2D eigenvalue weighted by molar-refractivity contribution is 0.171. The number of benzene rings is 1. The number of urea groups is 1. The zero-order chi connectivity index (χ0) is 14.5. The largest absolute Gasteiger partial charge is 0.497 e. The standard InChI is InChI=1S/C14H20N2O4/c1-19-12-3-4-13(20-2)10(7-12)8-15-14(18)16-6-5-11(17)9-16/h3-4,7,11,17H,5-6,8-9H2,1-2H3,(H,15,18). The predicted octanol–water partition coefficient (Wildman–Crippen LogP) is 0.980. The van der Waals surface area contributed by atoms with Gasteiger partial charge in [0.1, 0.15) is 11.5 Å². The van der Waals surface area contributed by atoms with Gasteiger partial charge in [0, 0.05) is 25.2 Å². The molecule has 0 aromatic heterocycles. The maximum Gasteiger partial charge on any atom is 0.317 e. The second kappa shape index (κ2) is 6.47. The number of aliphatic hydroxyl groups is 1. The number of ether oxygens (including phenoxy) is 2. The first kappa shape index (κ1) is 14.5. The molecule has 1 atom stereocenters. The molecule has 6 nitrogen and oxygen atoms in total. The number of β-amino-alcohol motifs (C(OH)–C–C–N with tert-alkyl or cyclic N) is 1. The van der Waals surface area contributed by atoms with Crippen molar-refractivity contribution < 1.29 is 19.4 Å². The third-order valence-corrected chi connectivity index (χ3v) is 3.37. The van der Waals surface area contributed by atoms with E-state index in [0.29, 0.717) is 37.6 Å². The molecule has 1 aromatic carbocycles. The number of carbonyl (C=O) groups is 1. The van der Waals surface area contributed by atoms with Gasteiger partial charge in [0.15, 0.2) is 0 Å². The summed E-state index contributed by atoms with van der Waals surface area (Å²) >= 11 is 0. The number of methoxy groups -OCH3 is 2. The summed E-state index contributed by atoms with van der Waals surface area (Å²) in [6.07, 6.45) is 0.225. The van der Waals surface area contributed by atoms with Crippen molar-refractivity contribution in [2.75, 3.05) is 27.3 Å². The Hall–Kier alpha value is -1.95. The van der Waals surface area contributed by atoms with Gasteiger partial charge in [-0.05, 0) is 24.6 Å². The summed E-state index contributed by atoms with van der Waals surface area (Å²) in [5.41, 5.74) is 0.847. The van der Waals surface area contributed by atoms with E-state index in [4.69, 9.17) is 9.47 Å². The molecule has 2 amide bonds. The summed E-state index contributed by atoms with van der Waals surface area (Å²) in [5.74, 6) is 1.42. The number of likely N-dealkylation sites (tertiary alicyclic amines) is 1. The van der Waals surface area contributed by atoms with Gasteiger partial charge in [-0.3, -0.25) is 0 Å². The summed E-state index contributed by atoms with van der Waals surface area (Å²) in [7, 11) is 3.18. The molecule has 1 unspecified atom stereocenters. The minimum Gasteiger partial charge on any atom is -0.497 e. The average Bonchev–Trinajstić information content (AvgIpc) is 2.91. The summed E-state index contributed by atoms with van der Waals surface area (Å²) in [6, 6.07) is 5.27. The van der Waals surface area contributed by atoms with Gasteiger partial charge in [0.2, 0.25) is 0 Å². The van der Waals surface area contributed by atoms with Gasteiger partial charge in [-0.1, -0.05) is 0 Å². The Balaban J connectivity index is 1.97. The number of carbonyl (C=O) groups excluding carboxylic acids is 1. The van der Waals surface area contributed by atoms with Gasteiger partial charge in [-0.25, -0.2) is 4.79 Å². The number of hydrogen-bond donors (Lipinski definition) is 2. The Morgan fingerprint density at radius 2 is 2.25 bits per heavy atom. The Kier molecular flexibility index (Phi) is 4.68. The second-order valence-electron chi connectivity index (χ2n) is 4.72. The Bertz CT molecular complexity index is 478. The molecule has 1 fully saturated rings.